The Kier molecular flexibility index (Phi) is 6.17. The first-order valence-corrected chi connectivity index (χ1v) is 9.68. The molecule has 7 nitrogen and oxygen atoms in total. The second-order valence-corrected chi connectivity index (χ2v) is 7.38. The molecule has 154 valence electrons. The van der Waals surface area contributed by atoms with Crippen LogP contribution in [0.4, 0.5) is 11.4 Å². The quantitative estimate of drug-likeness (QED) is 0.771. The van der Waals surface area contributed by atoms with Gasteiger partial charge in [0.1, 0.15) is 0 Å². The molecule has 2 aromatic carbocycles. The number of hydrogen-bond donors (Lipinski definition) is 1. The summed E-state index contributed by atoms with van der Waals surface area (Å²) in [6.45, 7) is 5.63. The standard InChI is InChI=1S/C23H23N3O4/c1-14-5-4-6-20(15(14)2)26-13-18(11-21(26)27)23(29)30-16(3)22(28)25-19-9-7-17(12-24)8-10-19/h4-10,16,18H,11,13H2,1-3H3,(H,25,28)/t16-,18-/m0/s1. The van der Waals surface area contributed by atoms with Crippen molar-refractivity contribution in [2.24, 2.45) is 5.92 Å². The Morgan fingerprint density at radius 3 is 2.57 bits per heavy atom. The molecule has 0 aliphatic carbocycles. The summed E-state index contributed by atoms with van der Waals surface area (Å²) >= 11 is 0. The number of hydrogen-bond acceptors (Lipinski definition) is 5. The number of ether oxygens (including phenoxy) is 1. The molecule has 1 fully saturated rings. The summed E-state index contributed by atoms with van der Waals surface area (Å²) in [6.07, 6.45) is -0.964. The molecule has 0 aromatic heterocycles. The molecule has 7 heteroatoms. The van der Waals surface area contributed by atoms with Gasteiger partial charge in [-0.3, -0.25) is 14.4 Å². The second-order valence-electron chi connectivity index (χ2n) is 7.38. The first-order valence-electron chi connectivity index (χ1n) is 9.68. The van der Waals surface area contributed by atoms with Crippen LogP contribution in [0.15, 0.2) is 42.5 Å². The molecule has 2 amide bonds. The van der Waals surface area contributed by atoms with E-state index >= 15 is 0 Å². The van der Waals surface area contributed by atoms with Gasteiger partial charge in [0.05, 0.1) is 17.6 Å². The van der Waals surface area contributed by atoms with Crippen molar-refractivity contribution >= 4 is 29.2 Å². The van der Waals surface area contributed by atoms with Crippen LogP contribution >= 0.6 is 0 Å². The fraction of sp³-hybridized carbons (Fsp3) is 0.304. The first kappa shape index (κ1) is 21.1. The largest absolute Gasteiger partial charge is 0.452 e. The van der Waals surface area contributed by atoms with Crippen molar-refractivity contribution < 1.29 is 19.1 Å². The molecular weight excluding hydrogens is 382 g/mol. The lowest BCUT2D eigenvalue weighted by Crippen LogP contribution is -2.33. The lowest BCUT2D eigenvalue weighted by Gasteiger charge is -2.20. The summed E-state index contributed by atoms with van der Waals surface area (Å²) in [5.41, 5.74) is 3.84. The maximum Gasteiger partial charge on any atom is 0.312 e. The van der Waals surface area contributed by atoms with Crippen LogP contribution in [-0.4, -0.2) is 30.4 Å². The minimum Gasteiger partial charge on any atom is -0.452 e. The molecule has 0 bridgehead atoms. The molecule has 1 aliphatic heterocycles. The number of rotatable bonds is 5. The van der Waals surface area contributed by atoms with Gasteiger partial charge in [-0.1, -0.05) is 12.1 Å². The average molecular weight is 405 g/mol. The van der Waals surface area contributed by atoms with Crippen LogP contribution in [-0.2, 0) is 19.1 Å². The average Bonchev–Trinajstić information content (AvgIpc) is 3.12. The van der Waals surface area contributed by atoms with Gasteiger partial charge in [-0.05, 0) is 62.2 Å². The number of carbonyl (C=O) groups excluding carboxylic acids is 3. The van der Waals surface area contributed by atoms with E-state index in [2.05, 4.69) is 5.32 Å². The Morgan fingerprint density at radius 2 is 1.90 bits per heavy atom. The molecule has 0 radical (unpaired) electrons. The van der Waals surface area contributed by atoms with Crippen molar-refractivity contribution in [3.05, 3.63) is 59.2 Å². The molecular formula is C23H23N3O4. The Labute approximate surface area is 175 Å². The van der Waals surface area contributed by atoms with Gasteiger partial charge in [-0.25, -0.2) is 0 Å². The van der Waals surface area contributed by atoms with E-state index in [0.717, 1.165) is 16.8 Å². The van der Waals surface area contributed by atoms with E-state index in [1.54, 1.807) is 29.2 Å². The first-order chi connectivity index (χ1) is 14.3. The second kappa shape index (κ2) is 8.78. The minimum atomic E-state index is -1.02. The third-order valence-electron chi connectivity index (χ3n) is 5.27. The zero-order chi connectivity index (χ0) is 21.8. The van der Waals surface area contributed by atoms with Gasteiger partial charge in [0, 0.05) is 24.3 Å². The van der Waals surface area contributed by atoms with Crippen molar-refractivity contribution in [3.63, 3.8) is 0 Å². The van der Waals surface area contributed by atoms with Gasteiger partial charge in [0.25, 0.3) is 5.91 Å². The van der Waals surface area contributed by atoms with Crippen LogP contribution in [0.2, 0.25) is 0 Å². The number of aryl methyl sites for hydroxylation is 1. The van der Waals surface area contributed by atoms with Gasteiger partial charge in [0.15, 0.2) is 6.10 Å². The Bertz CT molecular complexity index is 1020. The number of nitrogens with one attached hydrogen (secondary N) is 1. The molecule has 3 rings (SSSR count). The highest BCUT2D eigenvalue weighted by Gasteiger charge is 2.37. The Balaban J connectivity index is 1.60. The van der Waals surface area contributed by atoms with Crippen LogP contribution < -0.4 is 10.2 Å². The predicted octanol–water partition coefficient (Wildman–Crippen LogP) is 3.10. The summed E-state index contributed by atoms with van der Waals surface area (Å²) in [5.74, 6) is -1.81. The number of anilines is 2. The number of benzene rings is 2. The molecule has 2 atom stereocenters. The smallest absolute Gasteiger partial charge is 0.312 e. The predicted molar refractivity (Wildman–Crippen MR) is 112 cm³/mol. The fourth-order valence-corrected chi connectivity index (χ4v) is 3.32. The summed E-state index contributed by atoms with van der Waals surface area (Å²) < 4.78 is 5.32. The van der Waals surface area contributed by atoms with Crippen LogP contribution in [0.5, 0.6) is 0 Å². The van der Waals surface area contributed by atoms with E-state index in [9.17, 15) is 14.4 Å². The van der Waals surface area contributed by atoms with E-state index in [1.807, 2.05) is 38.1 Å². The molecule has 30 heavy (non-hydrogen) atoms. The van der Waals surface area contributed by atoms with E-state index in [1.165, 1.54) is 6.92 Å². The lowest BCUT2D eigenvalue weighted by molar-refractivity contribution is -0.157. The van der Waals surface area contributed by atoms with Gasteiger partial charge >= 0.3 is 5.97 Å². The number of amides is 2. The third-order valence-corrected chi connectivity index (χ3v) is 5.27. The van der Waals surface area contributed by atoms with Gasteiger partial charge in [-0.15, -0.1) is 0 Å². The monoisotopic (exact) mass is 405 g/mol. The molecule has 1 N–H and O–H groups in total. The summed E-state index contributed by atoms with van der Waals surface area (Å²) in [5, 5.41) is 11.5. The SMILES string of the molecule is Cc1cccc(N2C[C@@H](C(=O)O[C@@H](C)C(=O)Nc3ccc(C#N)cc3)CC2=O)c1C. The van der Waals surface area contributed by atoms with Crippen LogP contribution in [0.25, 0.3) is 0 Å². The third kappa shape index (κ3) is 4.49. The Morgan fingerprint density at radius 1 is 1.20 bits per heavy atom. The van der Waals surface area contributed by atoms with Gasteiger partial charge in [0.2, 0.25) is 5.91 Å². The van der Waals surface area contributed by atoms with Crippen LogP contribution in [0.1, 0.15) is 30.0 Å². The van der Waals surface area contributed by atoms with Gasteiger partial charge < -0.3 is 15.0 Å². The maximum absolute atomic E-state index is 12.6. The molecule has 1 saturated heterocycles. The summed E-state index contributed by atoms with van der Waals surface area (Å²) in [7, 11) is 0. The van der Waals surface area contributed by atoms with E-state index in [-0.39, 0.29) is 18.9 Å². The highest BCUT2D eigenvalue weighted by atomic mass is 16.5. The zero-order valence-electron chi connectivity index (χ0n) is 17.1. The lowest BCUT2D eigenvalue weighted by atomic mass is 10.1. The number of nitrogens with zero attached hydrogens (tertiary/aromatic N) is 2. The zero-order valence-corrected chi connectivity index (χ0v) is 17.1. The number of carbonyl (C=O) groups is 3. The molecule has 0 saturated carbocycles. The minimum absolute atomic E-state index is 0.0518. The van der Waals surface area contributed by atoms with Gasteiger partial charge in [-0.2, -0.15) is 5.26 Å². The highest BCUT2D eigenvalue weighted by molar-refractivity contribution is 6.01. The molecule has 0 unspecified atom stereocenters. The Hall–Kier alpha value is -3.66. The number of esters is 1. The molecule has 2 aromatic rings. The van der Waals surface area contributed by atoms with Crippen LogP contribution in [0, 0.1) is 31.1 Å². The molecule has 0 spiro atoms. The number of nitriles is 1. The summed E-state index contributed by atoms with van der Waals surface area (Å²) in [6, 6.07) is 14.1. The fourth-order valence-electron chi connectivity index (χ4n) is 3.32. The van der Waals surface area contributed by atoms with E-state index < -0.39 is 23.9 Å². The van der Waals surface area contributed by atoms with Crippen molar-refractivity contribution in [1.82, 2.24) is 0 Å². The van der Waals surface area contributed by atoms with Crippen molar-refractivity contribution in [1.29, 1.82) is 5.26 Å². The van der Waals surface area contributed by atoms with Crippen molar-refractivity contribution in [3.8, 4) is 6.07 Å². The molecule has 1 aliphatic rings. The van der Waals surface area contributed by atoms with Crippen molar-refractivity contribution in [2.45, 2.75) is 33.3 Å². The maximum atomic E-state index is 12.6. The van der Waals surface area contributed by atoms with E-state index in [4.69, 9.17) is 10.00 Å². The normalized spacial score (nSPS) is 16.7. The molecule has 1 heterocycles. The van der Waals surface area contributed by atoms with Crippen molar-refractivity contribution in [2.75, 3.05) is 16.8 Å². The van der Waals surface area contributed by atoms with Crippen LogP contribution in [0.3, 0.4) is 0 Å². The van der Waals surface area contributed by atoms with E-state index in [0.29, 0.717) is 11.3 Å². The summed E-state index contributed by atoms with van der Waals surface area (Å²) in [4.78, 5) is 39.0. The highest BCUT2D eigenvalue weighted by Crippen LogP contribution is 2.30. The topological polar surface area (TPSA) is 99.5 Å².